The van der Waals surface area contributed by atoms with Crippen LogP contribution < -0.4 is 4.90 Å². The molecule has 0 saturated heterocycles. The highest BCUT2D eigenvalue weighted by atomic mass is 32.1. The minimum atomic E-state index is 0.0978. The van der Waals surface area contributed by atoms with Gasteiger partial charge in [0, 0.05) is 11.3 Å². The van der Waals surface area contributed by atoms with Gasteiger partial charge in [-0.2, -0.15) is 0 Å². The number of thiazole rings is 1. The van der Waals surface area contributed by atoms with Gasteiger partial charge in [-0.15, -0.1) is 11.3 Å². The van der Waals surface area contributed by atoms with E-state index in [0.29, 0.717) is 6.42 Å². The van der Waals surface area contributed by atoms with Crippen LogP contribution >= 0.6 is 22.7 Å². The maximum Gasteiger partial charge on any atom is 0.233 e. The zero-order valence-electron chi connectivity index (χ0n) is 16.0. The van der Waals surface area contributed by atoms with Crippen LogP contribution in [0.3, 0.4) is 0 Å². The van der Waals surface area contributed by atoms with Crippen molar-refractivity contribution in [2.45, 2.75) is 33.1 Å². The van der Waals surface area contributed by atoms with Crippen LogP contribution in [0.25, 0.3) is 10.2 Å². The number of nitrogens with zero attached hydrogens (tertiary/aromatic N) is 2. The topological polar surface area (TPSA) is 33.2 Å². The zero-order valence-corrected chi connectivity index (χ0v) is 17.6. The van der Waals surface area contributed by atoms with Crippen LogP contribution in [0.5, 0.6) is 0 Å². The highest BCUT2D eigenvalue weighted by Crippen LogP contribution is 2.35. The first-order valence-electron chi connectivity index (χ1n) is 9.39. The first-order chi connectivity index (χ1) is 13.6. The number of anilines is 2. The second-order valence-corrected chi connectivity index (χ2v) is 9.01. The van der Waals surface area contributed by atoms with Gasteiger partial charge >= 0.3 is 0 Å². The molecule has 0 aliphatic carbocycles. The molecule has 0 unspecified atom stereocenters. The number of aromatic nitrogens is 1. The Morgan fingerprint density at radius 1 is 1.04 bits per heavy atom. The van der Waals surface area contributed by atoms with Crippen molar-refractivity contribution in [1.82, 2.24) is 4.98 Å². The second-order valence-electron chi connectivity index (χ2n) is 6.97. The fourth-order valence-electron chi connectivity index (χ4n) is 3.38. The van der Waals surface area contributed by atoms with E-state index in [1.807, 2.05) is 18.2 Å². The maximum atomic E-state index is 13.3. The molecule has 0 spiro atoms. The third-order valence-electron chi connectivity index (χ3n) is 4.58. The quantitative estimate of drug-likeness (QED) is 0.358. The molecule has 5 heteroatoms. The van der Waals surface area contributed by atoms with Crippen LogP contribution in [-0.4, -0.2) is 10.9 Å². The molecule has 0 saturated carbocycles. The number of amides is 1. The van der Waals surface area contributed by atoms with Crippen molar-refractivity contribution >= 4 is 49.6 Å². The lowest BCUT2D eigenvalue weighted by atomic mass is 10.1. The first-order valence-corrected chi connectivity index (χ1v) is 11.1. The van der Waals surface area contributed by atoms with E-state index in [0.717, 1.165) is 45.0 Å². The van der Waals surface area contributed by atoms with E-state index in [1.54, 1.807) is 27.6 Å². The van der Waals surface area contributed by atoms with Crippen molar-refractivity contribution in [2.75, 3.05) is 4.90 Å². The highest BCUT2D eigenvalue weighted by Gasteiger charge is 2.22. The lowest BCUT2D eigenvalue weighted by Crippen LogP contribution is -2.25. The van der Waals surface area contributed by atoms with Crippen LogP contribution in [0.4, 0.5) is 10.8 Å². The summed E-state index contributed by atoms with van der Waals surface area (Å²) in [7, 11) is 0. The van der Waals surface area contributed by atoms with E-state index >= 15 is 0 Å². The summed E-state index contributed by atoms with van der Waals surface area (Å²) < 4.78 is 1.10. The van der Waals surface area contributed by atoms with Crippen LogP contribution in [0.1, 0.15) is 28.8 Å². The Labute approximate surface area is 173 Å². The fourth-order valence-corrected chi connectivity index (χ4v) is 5.13. The molecule has 0 radical (unpaired) electrons. The van der Waals surface area contributed by atoms with E-state index < -0.39 is 0 Å². The van der Waals surface area contributed by atoms with E-state index in [1.165, 1.54) is 4.88 Å². The van der Waals surface area contributed by atoms with E-state index in [4.69, 9.17) is 4.98 Å². The third-order valence-corrected chi connectivity index (χ3v) is 6.54. The Morgan fingerprint density at radius 3 is 2.54 bits per heavy atom. The summed E-state index contributed by atoms with van der Waals surface area (Å²) in [6.45, 7) is 4.13. The monoisotopic (exact) mass is 406 g/mol. The molecule has 0 N–H and O–H groups in total. The number of thiophene rings is 1. The average molecular weight is 407 g/mol. The number of aryl methyl sites for hydroxylation is 3. The number of carbonyl (C=O) groups is 1. The predicted molar refractivity (Wildman–Crippen MR) is 120 cm³/mol. The molecule has 0 bridgehead atoms. The largest absolute Gasteiger partial charge is 0.274 e. The normalized spacial score (nSPS) is 11.1. The lowest BCUT2D eigenvalue weighted by Gasteiger charge is -2.21. The molecule has 2 aromatic carbocycles. The minimum Gasteiger partial charge on any atom is -0.274 e. The summed E-state index contributed by atoms with van der Waals surface area (Å²) >= 11 is 3.31. The maximum absolute atomic E-state index is 13.3. The van der Waals surface area contributed by atoms with Crippen LogP contribution in [0.2, 0.25) is 0 Å². The molecule has 2 heterocycles. The number of carbonyl (C=O) groups excluding carboxylic acids is 1. The molecule has 0 aliphatic rings. The Balaban J connectivity index is 1.65. The van der Waals surface area contributed by atoms with Crippen molar-refractivity contribution in [3.8, 4) is 0 Å². The first kappa shape index (κ1) is 18.8. The summed E-state index contributed by atoms with van der Waals surface area (Å²) in [5, 5.41) is 2.83. The van der Waals surface area contributed by atoms with Gasteiger partial charge in [0.15, 0.2) is 5.13 Å². The van der Waals surface area contributed by atoms with E-state index in [9.17, 15) is 4.79 Å². The van der Waals surface area contributed by atoms with Crippen molar-refractivity contribution in [1.29, 1.82) is 0 Å². The van der Waals surface area contributed by atoms with Gasteiger partial charge in [0.25, 0.3) is 0 Å². The Hall–Kier alpha value is -2.50. The van der Waals surface area contributed by atoms with Crippen molar-refractivity contribution in [2.24, 2.45) is 0 Å². The SMILES string of the molecule is Cc1cc(C)cc(N(C(=O)CCCc2cccs2)c2nc3ccccc3s2)c1. The smallest absolute Gasteiger partial charge is 0.233 e. The predicted octanol–water partition coefficient (Wildman–Crippen LogP) is 6.66. The van der Waals surface area contributed by atoms with E-state index in [2.05, 4.69) is 55.6 Å². The van der Waals surface area contributed by atoms with Gasteiger partial charge in [-0.1, -0.05) is 35.6 Å². The zero-order chi connectivity index (χ0) is 19.5. The van der Waals surface area contributed by atoms with Crippen molar-refractivity contribution in [3.63, 3.8) is 0 Å². The van der Waals surface area contributed by atoms with E-state index in [-0.39, 0.29) is 5.91 Å². The van der Waals surface area contributed by atoms with Gasteiger partial charge in [-0.3, -0.25) is 9.69 Å². The standard InChI is InChI=1S/C23H22N2OS2/c1-16-13-17(2)15-18(14-16)25(22(26)11-5-7-19-8-6-12-27-19)23-24-20-9-3-4-10-21(20)28-23/h3-4,6,8-10,12-15H,5,7,11H2,1-2H3. The fraction of sp³-hybridized carbons (Fsp3) is 0.217. The molecule has 142 valence electrons. The van der Waals surface area contributed by atoms with Crippen molar-refractivity contribution < 1.29 is 4.79 Å². The number of rotatable bonds is 6. The van der Waals surface area contributed by atoms with Gasteiger partial charge in [0.1, 0.15) is 0 Å². The molecule has 4 rings (SSSR count). The summed E-state index contributed by atoms with van der Waals surface area (Å²) in [5.41, 5.74) is 4.13. The van der Waals surface area contributed by atoms with Crippen LogP contribution in [0.15, 0.2) is 60.0 Å². The summed E-state index contributed by atoms with van der Waals surface area (Å²) in [6.07, 6.45) is 2.27. The molecule has 3 nitrogen and oxygen atoms in total. The lowest BCUT2D eigenvalue weighted by molar-refractivity contribution is -0.118. The van der Waals surface area contributed by atoms with Gasteiger partial charge in [-0.05, 0) is 73.5 Å². The molecule has 28 heavy (non-hydrogen) atoms. The number of fused-ring (bicyclic) bond motifs is 1. The number of hydrogen-bond acceptors (Lipinski definition) is 4. The van der Waals surface area contributed by atoms with Gasteiger partial charge in [0.05, 0.1) is 15.9 Å². The third kappa shape index (κ3) is 4.16. The molecule has 0 aliphatic heterocycles. The van der Waals surface area contributed by atoms with Gasteiger partial charge in [-0.25, -0.2) is 4.98 Å². The van der Waals surface area contributed by atoms with Gasteiger partial charge < -0.3 is 0 Å². The summed E-state index contributed by atoms with van der Waals surface area (Å²) in [4.78, 5) is 21.2. The Morgan fingerprint density at radius 2 is 1.82 bits per heavy atom. The number of benzene rings is 2. The van der Waals surface area contributed by atoms with Gasteiger partial charge in [0.2, 0.25) is 5.91 Å². The Bertz CT molecular complexity index is 1050. The highest BCUT2D eigenvalue weighted by molar-refractivity contribution is 7.22. The molecule has 1 amide bonds. The second kappa shape index (κ2) is 8.25. The summed E-state index contributed by atoms with van der Waals surface area (Å²) in [6, 6.07) is 18.5. The molecule has 0 atom stereocenters. The summed E-state index contributed by atoms with van der Waals surface area (Å²) in [5.74, 6) is 0.0978. The molecule has 4 aromatic rings. The molecular weight excluding hydrogens is 384 g/mol. The average Bonchev–Trinajstić information content (AvgIpc) is 3.30. The molecule has 0 fully saturated rings. The van der Waals surface area contributed by atoms with Crippen LogP contribution in [0, 0.1) is 13.8 Å². The van der Waals surface area contributed by atoms with Crippen molar-refractivity contribution in [3.05, 3.63) is 76.0 Å². The molecule has 2 aromatic heterocycles. The number of hydrogen-bond donors (Lipinski definition) is 0. The minimum absolute atomic E-state index is 0.0978. The molecular formula is C23H22N2OS2. The van der Waals surface area contributed by atoms with Crippen LogP contribution in [-0.2, 0) is 11.2 Å². The number of para-hydroxylation sites is 1. The Kier molecular flexibility index (Phi) is 5.55.